The lowest BCUT2D eigenvalue weighted by Crippen LogP contribution is -2.31. The van der Waals surface area contributed by atoms with Crippen LogP contribution in [-0.4, -0.2) is 21.2 Å². The molecule has 1 aliphatic heterocycles. The first-order chi connectivity index (χ1) is 12.2. The van der Waals surface area contributed by atoms with Gasteiger partial charge in [0.1, 0.15) is 12.1 Å². The molecule has 1 aliphatic rings. The van der Waals surface area contributed by atoms with Gasteiger partial charge in [0.05, 0.1) is 27.9 Å². The Bertz CT molecular complexity index is 1180. The molecule has 0 radical (unpaired) electrons. The quantitative estimate of drug-likeness (QED) is 0.490. The Balaban J connectivity index is 1.87. The third-order valence-corrected chi connectivity index (χ3v) is 4.88. The zero-order valence-corrected chi connectivity index (χ0v) is 13.6. The molecule has 3 heterocycles. The zero-order valence-electron chi connectivity index (χ0n) is 12.8. The van der Waals surface area contributed by atoms with Gasteiger partial charge in [-0.15, -0.1) is 0 Å². The second-order valence-electron chi connectivity index (χ2n) is 5.82. The van der Waals surface area contributed by atoms with Gasteiger partial charge in [0.25, 0.3) is 11.8 Å². The van der Waals surface area contributed by atoms with E-state index in [2.05, 4.69) is 4.98 Å². The highest BCUT2D eigenvalue weighted by atomic mass is 35.5. The minimum absolute atomic E-state index is 0.319. The van der Waals surface area contributed by atoms with E-state index in [4.69, 9.17) is 11.6 Å². The second kappa shape index (κ2) is 4.91. The van der Waals surface area contributed by atoms with Gasteiger partial charge in [-0.05, 0) is 12.1 Å². The number of carbonyl (C=O) groups is 2. The van der Waals surface area contributed by atoms with E-state index in [1.807, 2.05) is 24.3 Å². The van der Waals surface area contributed by atoms with Crippen molar-refractivity contribution in [2.75, 3.05) is 4.90 Å². The molecule has 0 saturated carbocycles. The molecule has 2 aromatic heterocycles. The summed E-state index contributed by atoms with van der Waals surface area (Å²) in [5, 5.41) is 2.02. The van der Waals surface area contributed by atoms with Crippen molar-refractivity contribution in [1.82, 2.24) is 9.38 Å². The van der Waals surface area contributed by atoms with Crippen molar-refractivity contribution in [2.45, 2.75) is 0 Å². The van der Waals surface area contributed by atoms with E-state index >= 15 is 0 Å². The summed E-state index contributed by atoms with van der Waals surface area (Å²) in [5.41, 5.74) is 1.54. The van der Waals surface area contributed by atoms with Crippen molar-refractivity contribution in [3.63, 3.8) is 0 Å². The summed E-state index contributed by atoms with van der Waals surface area (Å²) in [6.45, 7) is 0. The lowest BCUT2D eigenvalue weighted by Gasteiger charge is -2.19. The molecular weight excluding hydrogens is 338 g/mol. The van der Waals surface area contributed by atoms with Gasteiger partial charge in [-0.3, -0.25) is 14.0 Å². The van der Waals surface area contributed by atoms with Crippen molar-refractivity contribution < 1.29 is 9.59 Å². The summed E-state index contributed by atoms with van der Waals surface area (Å²) in [4.78, 5) is 31.1. The fourth-order valence-electron chi connectivity index (χ4n) is 3.37. The summed E-state index contributed by atoms with van der Waals surface area (Å²) in [6, 6.07) is 14.4. The maximum atomic E-state index is 12.9. The Kier molecular flexibility index (Phi) is 2.79. The van der Waals surface area contributed by atoms with E-state index in [9.17, 15) is 9.59 Å². The first-order valence-corrected chi connectivity index (χ1v) is 8.06. The number of pyridine rings is 1. The maximum Gasteiger partial charge on any atom is 0.267 e. The van der Waals surface area contributed by atoms with Crippen molar-refractivity contribution in [3.05, 3.63) is 77.2 Å². The zero-order chi connectivity index (χ0) is 17.1. The molecule has 0 unspecified atom stereocenters. The minimum atomic E-state index is -0.382. The topological polar surface area (TPSA) is 54.7 Å². The van der Waals surface area contributed by atoms with Gasteiger partial charge >= 0.3 is 0 Å². The summed E-state index contributed by atoms with van der Waals surface area (Å²) >= 11 is 6.64. The lowest BCUT2D eigenvalue weighted by molar-refractivity contribution is 0.0925. The molecule has 2 amide bonds. The number of halogens is 1. The number of hydrogen-bond donors (Lipinski definition) is 0. The van der Waals surface area contributed by atoms with Crippen LogP contribution in [0.3, 0.4) is 0 Å². The Morgan fingerprint density at radius 3 is 2.12 bits per heavy atom. The van der Waals surface area contributed by atoms with E-state index < -0.39 is 0 Å². The lowest BCUT2D eigenvalue weighted by atomic mass is 10.1. The first-order valence-electron chi connectivity index (χ1n) is 7.68. The Morgan fingerprint density at radius 2 is 1.44 bits per heavy atom. The third kappa shape index (κ3) is 1.76. The van der Waals surface area contributed by atoms with Crippen molar-refractivity contribution in [3.8, 4) is 0 Å². The number of fused-ring (bicyclic) bond motifs is 4. The molecule has 5 nitrogen and oxygen atoms in total. The number of anilines is 1. The molecule has 0 saturated heterocycles. The van der Waals surface area contributed by atoms with Crippen LogP contribution < -0.4 is 4.90 Å². The molecule has 4 aromatic rings. The van der Waals surface area contributed by atoms with Crippen molar-refractivity contribution in [1.29, 1.82) is 0 Å². The van der Waals surface area contributed by atoms with Gasteiger partial charge in [0, 0.05) is 10.8 Å². The summed E-state index contributed by atoms with van der Waals surface area (Å²) in [5.74, 6) is -0.445. The summed E-state index contributed by atoms with van der Waals surface area (Å²) in [6.07, 6.45) is 3.26. The molecule has 6 heteroatoms. The molecule has 0 fully saturated rings. The fourth-order valence-corrected chi connectivity index (χ4v) is 3.72. The van der Waals surface area contributed by atoms with Crippen molar-refractivity contribution >= 4 is 45.5 Å². The standard InChI is InChI=1S/C19H10ClN3O2/c20-16-12-6-2-1-5-11(12)15-9-21-10-22(15)17(16)23-18(24)13-7-3-4-8-14(13)19(23)25/h1-10H. The molecule has 0 spiro atoms. The molecule has 0 N–H and O–H groups in total. The van der Waals surface area contributed by atoms with Gasteiger partial charge in [0.2, 0.25) is 0 Å². The number of amides is 2. The number of carbonyl (C=O) groups excluding carboxylic acids is 2. The van der Waals surface area contributed by atoms with Gasteiger partial charge in [-0.1, -0.05) is 48.0 Å². The highest BCUT2D eigenvalue weighted by molar-refractivity contribution is 6.43. The molecule has 2 aromatic carbocycles. The SMILES string of the molecule is O=C1c2ccccc2C(=O)N1c1c(Cl)c2ccccc2c2cncn12. The molecule has 0 bridgehead atoms. The van der Waals surface area contributed by atoms with E-state index in [-0.39, 0.29) is 11.8 Å². The number of rotatable bonds is 1. The number of imidazole rings is 1. The van der Waals surface area contributed by atoms with Crippen LogP contribution in [0.2, 0.25) is 5.02 Å². The van der Waals surface area contributed by atoms with Crippen LogP contribution in [0.1, 0.15) is 20.7 Å². The third-order valence-electron chi connectivity index (χ3n) is 4.51. The molecular formula is C19H10ClN3O2. The molecule has 120 valence electrons. The highest BCUT2D eigenvalue weighted by Crippen LogP contribution is 2.39. The van der Waals surface area contributed by atoms with Gasteiger partial charge in [-0.25, -0.2) is 9.88 Å². The average molecular weight is 348 g/mol. The van der Waals surface area contributed by atoms with Crippen LogP contribution in [0.4, 0.5) is 5.82 Å². The average Bonchev–Trinajstić information content (AvgIpc) is 3.22. The predicted octanol–water partition coefficient (Wildman–Crippen LogP) is 3.94. The summed E-state index contributed by atoms with van der Waals surface area (Å²) < 4.78 is 1.69. The van der Waals surface area contributed by atoms with Crippen LogP contribution in [-0.2, 0) is 0 Å². The number of aromatic nitrogens is 2. The van der Waals surface area contributed by atoms with E-state index in [0.717, 1.165) is 21.2 Å². The Labute approximate surface area is 147 Å². The predicted molar refractivity (Wildman–Crippen MR) is 95.3 cm³/mol. The Morgan fingerprint density at radius 1 is 0.840 bits per heavy atom. The minimum Gasteiger partial charge on any atom is -0.283 e. The smallest absolute Gasteiger partial charge is 0.267 e. The monoisotopic (exact) mass is 347 g/mol. The first kappa shape index (κ1) is 14.2. The Hall–Kier alpha value is -3.18. The van der Waals surface area contributed by atoms with E-state index in [1.54, 1.807) is 41.2 Å². The molecule has 0 atom stereocenters. The molecule has 25 heavy (non-hydrogen) atoms. The van der Waals surface area contributed by atoms with E-state index in [1.165, 1.54) is 0 Å². The van der Waals surface area contributed by atoms with Gasteiger partial charge in [0.15, 0.2) is 0 Å². The normalized spacial score (nSPS) is 13.9. The molecule has 0 aliphatic carbocycles. The number of hydrogen-bond acceptors (Lipinski definition) is 3. The van der Waals surface area contributed by atoms with Crippen LogP contribution >= 0.6 is 11.6 Å². The van der Waals surface area contributed by atoms with Crippen LogP contribution in [0.25, 0.3) is 16.3 Å². The largest absolute Gasteiger partial charge is 0.283 e. The second-order valence-corrected chi connectivity index (χ2v) is 6.20. The fraction of sp³-hybridized carbons (Fsp3) is 0. The van der Waals surface area contributed by atoms with Crippen LogP contribution in [0.5, 0.6) is 0 Å². The summed E-state index contributed by atoms with van der Waals surface area (Å²) in [7, 11) is 0. The van der Waals surface area contributed by atoms with Crippen molar-refractivity contribution in [2.24, 2.45) is 0 Å². The van der Waals surface area contributed by atoms with Gasteiger partial charge in [-0.2, -0.15) is 0 Å². The van der Waals surface area contributed by atoms with Gasteiger partial charge < -0.3 is 0 Å². The van der Waals surface area contributed by atoms with Crippen LogP contribution in [0, 0.1) is 0 Å². The van der Waals surface area contributed by atoms with Crippen LogP contribution in [0.15, 0.2) is 61.1 Å². The highest BCUT2D eigenvalue weighted by Gasteiger charge is 2.39. The number of nitrogens with zero attached hydrogens (tertiary/aromatic N) is 3. The number of benzene rings is 2. The number of imide groups is 1. The van der Waals surface area contributed by atoms with E-state index in [0.29, 0.717) is 22.0 Å². The maximum absolute atomic E-state index is 12.9. The molecule has 5 rings (SSSR count).